The maximum Gasteiger partial charge on any atom is 0.256 e. The number of rotatable bonds is 5. The molecule has 3 aromatic carbocycles. The summed E-state index contributed by atoms with van der Waals surface area (Å²) in [6, 6.07) is 23.8. The number of nitrogens with zero attached hydrogens (tertiary/aromatic N) is 2. The summed E-state index contributed by atoms with van der Waals surface area (Å²) in [6.45, 7) is 3.66. The summed E-state index contributed by atoms with van der Waals surface area (Å²) in [5.74, 6) is 0.656. The lowest BCUT2D eigenvalue weighted by Crippen LogP contribution is -2.24. The summed E-state index contributed by atoms with van der Waals surface area (Å²) in [7, 11) is 1.58. The quantitative estimate of drug-likeness (QED) is 0.500. The summed E-state index contributed by atoms with van der Waals surface area (Å²) in [4.78, 5) is 26.3. The SMILES string of the molecule is COc1ccc(-c2c(NC(=O)c3ccccc3)n(-c3ccc(C)cc3)nc(C)c2=O)cc1. The summed E-state index contributed by atoms with van der Waals surface area (Å²) >= 11 is 0. The number of ether oxygens (including phenoxy) is 1. The van der Waals surface area contributed by atoms with Gasteiger partial charge < -0.3 is 10.1 Å². The molecule has 0 spiro atoms. The Morgan fingerprint density at radius 3 is 2.19 bits per heavy atom. The van der Waals surface area contributed by atoms with Crippen LogP contribution in [-0.4, -0.2) is 22.8 Å². The zero-order valence-corrected chi connectivity index (χ0v) is 18.1. The predicted molar refractivity (Wildman–Crippen MR) is 126 cm³/mol. The molecule has 0 saturated heterocycles. The van der Waals surface area contributed by atoms with Crippen molar-refractivity contribution in [2.45, 2.75) is 13.8 Å². The predicted octanol–water partition coefficient (Wildman–Crippen LogP) is 4.78. The Bertz CT molecular complexity index is 1310. The fourth-order valence-electron chi connectivity index (χ4n) is 3.42. The van der Waals surface area contributed by atoms with Crippen LogP contribution in [0.25, 0.3) is 16.8 Å². The molecule has 0 bridgehead atoms. The van der Waals surface area contributed by atoms with Crippen molar-refractivity contribution in [3.63, 3.8) is 0 Å². The number of methoxy groups -OCH3 is 1. The molecule has 1 aromatic heterocycles. The Morgan fingerprint density at radius 1 is 0.906 bits per heavy atom. The Labute approximate surface area is 186 Å². The van der Waals surface area contributed by atoms with Crippen LogP contribution in [0, 0.1) is 13.8 Å². The number of amides is 1. The normalized spacial score (nSPS) is 10.6. The first-order chi connectivity index (χ1) is 15.5. The highest BCUT2D eigenvalue weighted by Gasteiger charge is 2.21. The average Bonchev–Trinajstić information content (AvgIpc) is 2.83. The lowest BCUT2D eigenvalue weighted by Gasteiger charge is -2.18. The third-order valence-electron chi connectivity index (χ3n) is 5.18. The van der Waals surface area contributed by atoms with Gasteiger partial charge in [0.1, 0.15) is 17.3 Å². The largest absolute Gasteiger partial charge is 0.497 e. The van der Waals surface area contributed by atoms with Crippen molar-refractivity contribution in [2.24, 2.45) is 0 Å². The first-order valence-corrected chi connectivity index (χ1v) is 10.2. The van der Waals surface area contributed by atoms with E-state index in [-0.39, 0.29) is 11.3 Å². The first kappa shape index (κ1) is 21.1. The summed E-state index contributed by atoms with van der Waals surface area (Å²) in [5.41, 5.74) is 3.41. The zero-order chi connectivity index (χ0) is 22.7. The molecule has 6 nitrogen and oxygen atoms in total. The van der Waals surface area contributed by atoms with Gasteiger partial charge in [0.15, 0.2) is 0 Å². The molecule has 0 aliphatic heterocycles. The lowest BCUT2D eigenvalue weighted by atomic mass is 10.0. The van der Waals surface area contributed by atoms with Gasteiger partial charge in [-0.3, -0.25) is 9.59 Å². The zero-order valence-electron chi connectivity index (χ0n) is 18.1. The van der Waals surface area contributed by atoms with E-state index in [1.807, 2.05) is 37.3 Å². The van der Waals surface area contributed by atoms with E-state index in [0.29, 0.717) is 34.0 Å². The van der Waals surface area contributed by atoms with Crippen LogP contribution in [0.5, 0.6) is 5.75 Å². The number of aryl methyl sites for hydroxylation is 2. The maximum atomic E-state index is 13.2. The van der Waals surface area contributed by atoms with Crippen molar-refractivity contribution in [1.29, 1.82) is 0 Å². The lowest BCUT2D eigenvalue weighted by molar-refractivity contribution is 0.102. The van der Waals surface area contributed by atoms with Crippen LogP contribution in [0.3, 0.4) is 0 Å². The molecule has 32 heavy (non-hydrogen) atoms. The van der Waals surface area contributed by atoms with Gasteiger partial charge in [0.05, 0.1) is 18.4 Å². The van der Waals surface area contributed by atoms with Crippen LogP contribution in [-0.2, 0) is 0 Å². The standard InChI is InChI=1S/C26H23N3O3/c1-17-9-13-21(14-10-17)29-25(27-26(31)20-7-5-4-6-8-20)23(24(30)18(2)28-29)19-11-15-22(32-3)16-12-19/h4-16H,1-3H3,(H,27,31). The van der Waals surface area contributed by atoms with Crippen LogP contribution in [0.15, 0.2) is 83.7 Å². The molecule has 1 heterocycles. The van der Waals surface area contributed by atoms with Gasteiger partial charge in [-0.2, -0.15) is 5.10 Å². The highest BCUT2D eigenvalue weighted by molar-refractivity contribution is 6.05. The second kappa shape index (κ2) is 8.89. The molecule has 0 saturated carbocycles. The van der Waals surface area contributed by atoms with Gasteiger partial charge in [0, 0.05) is 5.56 Å². The summed E-state index contributed by atoms with van der Waals surface area (Å²) in [6.07, 6.45) is 0. The Kier molecular flexibility index (Phi) is 5.85. The maximum absolute atomic E-state index is 13.2. The fourth-order valence-corrected chi connectivity index (χ4v) is 3.42. The average molecular weight is 425 g/mol. The number of benzene rings is 3. The van der Waals surface area contributed by atoms with Gasteiger partial charge >= 0.3 is 0 Å². The van der Waals surface area contributed by atoms with Crippen molar-refractivity contribution in [3.05, 3.63) is 106 Å². The first-order valence-electron chi connectivity index (χ1n) is 10.2. The summed E-state index contributed by atoms with van der Waals surface area (Å²) < 4.78 is 6.86. The van der Waals surface area contributed by atoms with Crippen LogP contribution < -0.4 is 15.5 Å². The molecule has 0 unspecified atom stereocenters. The summed E-state index contributed by atoms with van der Waals surface area (Å²) in [5, 5.41) is 7.44. The number of hydrogen-bond acceptors (Lipinski definition) is 4. The molecule has 1 amide bonds. The molecule has 0 fully saturated rings. The van der Waals surface area contributed by atoms with E-state index in [1.165, 1.54) is 0 Å². The number of aromatic nitrogens is 2. The van der Waals surface area contributed by atoms with Crippen molar-refractivity contribution < 1.29 is 9.53 Å². The number of carbonyl (C=O) groups excluding carboxylic acids is 1. The third kappa shape index (κ3) is 4.16. The Balaban J connectivity index is 1.95. The Hall–Kier alpha value is -4.19. The van der Waals surface area contributed by atoms with Crippen LogP contribution >= 0.6 is 0 Å². The minimum absolute atomic E-state index is 0.248. The van der Waals surface area contributed by atoms with Gasteiger partial charge in [-0.1, -0.05) is 48.0 Å². The van der Waals surface area contributed by atoms with Crippen LogP contribution in [0.4, 0.5) is 5.82 Å². The molecular weight excluding hydrogens is 402 g/mol. The number of hydrogen-bond donors (Lipinski definition) is 1. The highest BCUT2D eigenvalue weighted by Crippen LogP contribution is 2.29. The number of anilines is 1. The molecular formula is C26H23N3O3. The van der Waals surface area contributed by atoms with Gasteiger partial charge in [0.2, 0.25) is 5.43 Å². The second-order valence-electron chi connectivity index (χ2n) is 7.43. The van der Waals surface area contributed by atoms with E-state index in [4.69, 9.17) is 4.74 Å². The van der Waals surface area contributed by atoms with Crippen molar-refractivity contribution in [1.82, 2.24) is 9.78 Å². The van der Waals surface area contributed by atoms with Crippen LogP contribution in [0.2, 0.25) is 0 Å². The molecule has 0 radical (unpaired) electrons. The molecule has 0 atom stereocenters. The van der Waals surface area contributed by atoms with E-state index in [9.17, 15) is 9.59 Å². The fraction of sp³-hybridized carbons (Fsp3) is 0.115. The van der Waals surface area contributed by atoms with Crippen molar-refractivity contribution in [2.75, 3.05) is 12.4 Å². The molecule has 6 heteroatoms. The van der Waals surface area contributed by atoms with E-state index >= 15 is 0 Å². The topological polar surface area (TPSA) is 73.2 Å². The van der Waals surface area contributed by atoms with Gasteiger partial charge in [-0.25, -0.2) is 4.68 Å². The van der Waals surface area contributed by atoms with Crippen molar-refractivity contribution >= 4 is 11.7 Å². The van der Waals surface area contributed by atoms with E-state index in [0.717, 1.165) is 11.3 Å². The molecule has 1 N–H and O–H groups in total. The minimum Gasteiger partial charge on any atom is -0.497 e. The molecule has 4 aromatic rings. The highest BCUT2D eigenvalue weighted by atomic mass is 16.5. The van der Waals surface area contributed by atoms with E-state index < -0.39 is 0 Å². The van der Waals surface area contributed by atoms with Gasteiger partial charge in [0.25, 0.3) is 5.91 Å². The van der Waals surface area contributed by atoms with Gasteiger partial charge in [-0.05, 0) is 55.8 Å². The monoisotopic (exact) mass is 425 g/mol. The Morgan fingerprint density at radius 2 is 1.56 bits per heavy atom. The third-order valence-corrected chi connectivity index (χ3v) is 5.18. The van der Waals surface area contributed by atoms with E-state index in [2.05, 4.69) is 10.4 Å². The minimum atomic E-state index is -0.328. The molecule has 160 valence electrons. The second-order valence-corrected chi connectivity index (χ2v) is 7.43. The van der Waals surface area contributed by atoms with Crippen molar-refractivity contribution in [3.8, 4) is 22.6 Å². The molecule has 0 aliphatic carbocycles. The van der Waals surface area contributed by atoms with Crippen LogP contribution in [0.1, 0.15) is 21.6 Å². The number of nitrogens with one attached hydrogen (secondary N) is 1. The van der Waals surface area contributed by atoms with Gasteiger partial charge in [-0.15, -0.1) is 0 Å². The molecule has 4 rings (SSSR count). The smallest absolute Gasteiger partial charge is 0.256 e. The number of carbonyl (C=O) groups is 1. The molecule has 0 aliphatic rings. The van der Waals surface area contributed by atoms with E-state index in [1.54, 1.807) is 67.2 Å².